The van der Waals surface area contributed by atoms with Gasteiger partial charge in [-0.3, -0.25) is 4.90 Å². The van der Waals surface area contributed by atoms with Crippen molar-refractivity contribution < 1.29 is 27.1 Å². The molecule has 0 spiro atoms. The number of rotatable bonds is 6. The third kappa shape index (κ3) is 4.54. The number of aromatic nitrogens is 2. The lowest BCUT2D eigenvalue weighted by Gasteiger charge is -2.32. The van der Waals surface area contributed by atoms with Gasteiger partial charge in [-0.15, -0.1) is 0 Å². The fourth-order valence-corrected chi connectivity index (χ4v) is 6.17. The fourth-order valence-electron chi connectivity index (χ4n) is 5.37. The number of sulfonamides is 1. The van der Waals surface area contributed by atoms with E-state index < -0.39 is 34.0 Å². The normalized spacial score (nSPS) is 35.0. The topological polar surface area (TPSA) is 111 Å². The number of nitrogens with one attached hydrogen (secondary N) is 1. The molecule has 31 heavy (non-hydrogen) atoms. The summed E-state index contributed by atoms with van der Waals surface area (Å²) in [5.74, 6) is 0.657. The molecule has 9 nitrogen and oxygen atoms in total. The molecule has 2 saturated carbocycles. The van der Waals surface area contributed by atoms with E-state index in [0.717, 1.165) is 31.9 Å². The molecule has 172 valence electrons. The number of hydrogen-bond donors (Lipinski definition) is 1. The van der Waals surface area contributed by atoms with Crippen molar-refractivity contribution in [1.82, 2.24) is 19.6 Å². The van der Waals surface area contributed by atoms with Gasteiger partial charge in [-0.2, -0.15) is 0 Å². The predicted molar refractivity (Wildman–Crippen MR) is 109 cm³/mol. The average Bonchev–Trinajstić information content (AvgIpc) is 3.36. The lowest BCUT2D eigenvalue weighted by atomic mass is 9.86. The lowest BCUT2D eigenvalue weighted by Crippen LogP contribution is -2.50. The van der Waals surface area contributed by atoms with Gasteiger partial charge in [0.15, 0.2) is 5.82 Å². The molecule has 3 aliphatic rings. The molecule has 3 fully saturated rings. The number of ether oxygens (including phenoxy) is 2. The van der Waals surface area contributed by atoms with Crippen LogP contribution in [-0.4, -0.2) is 73.6 Å². The Balaban J connectivity index is 1.39. The summed E-state index contributed by atoms with van der Waals surface area (Å²) in [6.07, 6.45) is 7.03. The minimum Gasteiger partial charge on any atom is -0.453 e. The molecule has 6 atom stereocenters. The third-order valence-corrected chi connectivity index (χ3v) is 7.63. The van der Waals surface area contributed by atoms with Crippen molar-refractivity contribution in [3.8, 4) is 0 Å². The zero-order chi connectivity index (χ0) is 22.4. The van der Waals surface area contributed by atoms with E-state index in [0.29, 0.717) is 18.2 Å². The van der Waals surface area contributed by atoms with Crippen molar-refractivity contribution in [3.05, 3.63) is 24.0 Å². The Morgan fingerprint density at radius 3 is 2.68 bits per heavy atom. The largest absolute Gasteiger partial charge is 0.453 e. The lowest BCUT2D eigenvalue weighted by molar-refractivity contribution is -0.0103. The number of nitrogens with zero attached hydrogens (tertiary/aromatic N) is 3. The van der Waals surface area contributed by atoms with Crippen LogP contribution in [0.1, 0.15) is 44.9 Å². The SMILES string of the molecule is COC(=O)N1[C@H](C)C[C@H](NS(C)(=O)=O)[C@@H]1CO[C@H]1CC[C@@]2(c3ncc(F)cn3)C[C@H]2C1. The first-order valence-corrected chi connectivity index (χ1v) is 12.5. The van der Waals surface area contributed by atoms with Gasteiger partial charge in [0.1, 0.15) is 5.82 Å². The highest BCUT2D eigenvalue weighted by molar-refractivity contribution is 7.88. The molecule has 1 saturated heterocycles. The van der Waals surface area contributed by atoms with Gasteiger partial charge in [0, 0.05) is 17.5 Å². The molecule has 0 bridgehead atoms. The number of methoxy groups -OCH3 is 1. The Morgan fingerprint density at radius 2 is 2.06 bits per heavy atom. The molecule has 1 aromatic rings. The third-order valence-electron chi connectivity index (χ3n) is 6.90. The van der Waals surface area contributed by atoms with Crippen LogP contribution < -0.4 is 4.72 Å². The summed E-state index contributed by atoms with van der Waals surface area (Å²) in [5, 5.41) is 0. The molecule has 4 rings (SSSR count). The van der Waals surface area contributed by atoms with E-state index in [1.165, 1.54) is 19.5 Å². The summed E-state index contributed by atoms with van der Waals surface area (Å²) in [6, 6.07) is -1.04. The minimum atomic E-state index is -3.43. The first kappa shape index (κ1) is 22.3. The van der Waals surface area contributed by atoms with E-state index in [2.05, 4.69) is 14.7 Å². The highest BCUT2D eigenvalue weighted by atomic mass is 32.2. The van der Waals surface area contributed by atoms with Crippen LogP contribution >= 0.6 is 0 Å². The van der Waals surface area contributed by atoms with Gasteiger partial charge in [-0.25, -0.2) is 32.3 Å². The number of amides is 1. The Hall–Kier alpha value is -1.85. The highest BCUT2D eigenvalue weighted by Crippen LogP contribution is 2.61. The van der Waals surface area contributed by atoms with Crippen molar-refractivity contribution in [2.45, 2.75) is 68.7 Å². The smallest absolute Gasteiger partial charge is 0.410 e. The standard InChI is InChI=1S/C20H29FN4O5S/c1-12-6-16(24-31(3,27)28)17(25(12)19(26)29-2)11-30-15-4-5-20(8-13(20)7-15)18-22-9-14(21)10-23-18/h9-10,12-13,15-17,24H,4-8,11H2,1-3H3/t12-,13-,15+,16+,17+,20-/m1/s1. The monoisotopic (exact) mass is 456 g/mol. The summed E-state index contributed by atoms with van der Waals surface area (Å²) in [5.41, 5.74) is -0.0755. The average molecular weight is 457 g/mol. The van der Waals surface area contributed by atoms with Gasteiger partial charge in [0.2, 0.25) is 10.0 Å². The van der Waals surface area contributed by atoms with Gasteiger partial charge in [0.25, 0.3) is 0 Å². The molecule has 0 radical (unpaired) electrons. The van der Waals surface area contributed by atoms with E-state index in [-0.39, 0.29) is 24.2 Å². The molecule has 11 heteroatoms. The van der Waals surface area contributed by atoms with Crippen LogP contribution in [0, 0.1) is 11.7 Å². The zero-order valence-corrected chi connectivity index (χ0v) is 18.8. The summed E-state index contributed by atoms with van der Waals surface area (Å²) >= 11 is 0. The number of fused-ring (bicyclic) bond motifs is 1. The van der Waals surface area contributed by atoms with E-state index >= 15 is 0 Å². The van der Waals surface area contributed by atoms with Crippen LogP contribution in [0.15, 0.2) is 12.4 Å². The maximum atomic E-state index is 13.2. The van der Waals surface area contributed by atoms with Crippen molar-refractivity contribution in [1.29, 1.82) is 0 Å². The Bertz CT molecular complexity index is 930. The van der Waals surface area contributed by atoms with Crippen molar-refractivity contribution in [2.75, 3.05) is 20.0 Å². The number of carbonyl (C=O) groups is 1. The van der Waals surface area contributed by atoms with Crippen molar-refractivity contribution in [2.24, 2.45) is 5.92 Å². The molecule has 1 amide bonds. The summed E-state index contributed by atoms with van der Waals surface area (Å²) < 4.78 is 50.5. The predicted octanol–water partition coefficient (Wildman–Crippen LogP) is 1.59. The molecule has 1 N–H and O–H groups in total. The van der Waals surface area contributed by atoms with E-state index in [1.54, 1.807) is 4.90 Å². The van der Waals surface area contributed by atoms with Crippen LogP contribution in [0.25, 0.3) is 0 Å². The van der Waals surface area contributed by atoms with Gasteiger partial charge >= 0.3 is 6.09 Å². The summed E-state index contributed by atoms with van der Waals surface area (Å²) in [7, 11) is -2.12. The van der Waals surface area contributed by atoms with Gasteiger partial charge in [-0.05, 0) is 44.9 Å². The Morgan fingerprint density at radius 1 is 1.35 bits per heavy atom. The van der Waals surface area contributed by atoms with E-state index in [4.69, 9.17) is 9.47 Å². The highest BCUT2D eigenvalue weighted by Gasteiger charge is 2.60. The maximum Gasteiger partial charge on any atom is 0.410 e. The van der Waals surface area contributed by atoms with Crippen LogP contribution in [-0.2, 0) is 24.9 Å². The van der Waals surface area contributed by atoms with E-state index in [1.807, 2.05) is 6.92 Å². The molecule has 1 aliphatic heterocycles. The number of carbonyl (C=O) groups excluding carboxylic acids is 1. The van der Waals surface area contributed by atoms with Gasteiger partial charge in [-0.1, -0.05) is 0 Å². The quantitative estimate of drug-likeness (QED) is 0.692. The molecular formula is C20H29FN4O5S. The number of halogens is 1. The number of likely N-dealkylation sites (tertiary alicyclic amines) is 1. The Kier molecular flexibility index (Phi) is 5.95. The first-order chi connectivity index (χ1) is 14.6. The fraction of sp³-hybridized carbons (Fsp3) is 0.750. The van der Waals surface area contributed by atoms with Gasteiger partial charge in [0.05, 0.1) is 44.5 Å². The molecule has 2 heterocycles. The zero-order valence-electron chi connectivity index (χ0n) is 18.0. The molecular weight excluding hydrogens is 427 g/mol. The Labute approximate surface area is 181 Å². The van der Waals surface area contributed by atoms with Crippen molar-refractivity contribution in [3.63, 3.8) is 0 Å². The summed E-state index contributed by atoms with van der Waals surface area (Å²) in [4.78, 5) is 22.3. The maximum absolute atomic E-state index is 13.2. The van der Waals surface area contributed by atoms with E-state index in [9.17, 15) is 17.6 Å². The molecule has 0 aromatic carbocycles. The second-order valence-electron chi connectivity index (χ2n) is 9.04. The minimum absolute atomic E-state index is 0.00959. The van der Waals surface area contributed by atoms with Crippen molar-refractivity contribution >= 4 is 16.1 Å². The summed E-state index contributed by atoms with van der Waals surface area (Å²) in [6.45, 7) is 2.10. The van der Waals surface area contributed by atoms with Crippen LogP contribution in [0.4, 0.5) is 9.18 Å². The van der Waals surface area contributed by atoms with Crippen LogP contribution in [0.5, 0.6) is 0 Å². The molecule has 0 unspecified atom stereocenters. The molecule has 2 aliphatic carbocycles. The molecule has 1 aromatic heterocycles. The number of hydrogen-bond acceptors (Lipinski definition) is 7. The first-order valence-electron chi connectivity index (χ1n) is 10.6. The second kappa shape index (κ2) is 8.25. The van der Waals surface area contributed by atoms with Crippen LogP contribution in [0.3, 0.4) is 0 Å². The van der Waals surface area contributed by atoms with Gasteiger partial charge < -0.3 is 9.47 Å². The second-order valence-corrected chi connectivity index (χ2v) is 10.8. The van der Waals surface area contributed by atoms with Crippen LogP contribution in [0.2, 0.25) is 0 Å².